The lowest BCUT2D eigenvalue weighted by Crippen LogP contribution is -1.97. The second-order valence-electron chi connectivity index (χ2n) is 2.00. The van der Waals surface area contributed by atoms with Crippen LogP contribution in [0.15, 0.2) is 27.6 Å². The molecule has 0 saturated heterocycles. The van der Waals surface area contributed by atoms with Gasteiger partial charge in [0.25, 0.3) is 0 Å². The van der Waals surface area contributed by atoms with Crippen molar-refractivity contribution in [3.05, 3.63) is 34.4 Å². The van der Waals surface area contributed by atoms with Gasteiger partial charge in [-0.05, 0) is 13.0 Å². The molecule has 1 aromatic rings. The summed E-state index contributed by atoms with van der Waals surface area (Å²) in [6, 6.07) is 1.17. The summed E-state index contributed by atoms with van der Waals surface area (Å²) in [5.74, 6) is -0.148. The molecule has 1 rings (SSSR count). The molecule has 0 aliphatic heterocycles. The Balaban J connectivity index is 3.27. The monoisotopic (exact) mass is 152 g/mol. The van der Waals surface area contributed by atoms with E-state index in [0.29, 0.717) is 0 Å². The molecule has 0 aliphatic carbocycles. The molecule has 1 aromatic heterocycles. The summed E-state index contributed by atoms with van der Waals surface area (Å²) in [4.78, 5) is 10.8. The molecule has 58 valence electrons. The minimum Gasteiger partial charge on any atom is -0.502 e. The number of hydrogen-bond acceptors (Lipinski definition) is 3. The van der Waals surface area contributed by atoms with Gasteiger partial charge in [-0.2, -0.15) is 0 Å². The number of aromatic hydroxyl groups is 1. The van der Waals surface area contributed by atoms with Crippen LogP contribution in [0.1, 0.15) is 12.7 Å². The van der Waals surface area contributed by atoms with Crippen LogP contribution in [-0.4, -0.2) is 5.11 Å². The van der Waals surface area contributed by atoms with Crippen LogP contribution in [-0.2, 0) is 0 Å². The first-order valence-electron chi connectivity index (χ1n) is 3.19. The summed E-state index contributed by atoms with van der Waals surface area (Å²) in [7, 11) is 0. The zero-order chi connectivity index (χ0) is 8.27. The highest BCUT2D eigenvalue weighted by atomic mass is 16.4. The van der Waals surface area contributed by atoms with Gasteiger partial charge in [-0.3, -0.25) is 4.79 Å². The first-order valence-corrected chi connectivity index (χ1v) is 3.19. The molecular formula is C8H8O3. The summed E-state index contributed by atoms with van der Waals surface area (Å²) < 4.78 is 4.84. The fraction of sp³-hybridized carbons (Fsp3) is 0.125. The van der Waals surface area contributed by atoms with Crippen molar-refractivity contribution in [1.29, 1.82) is 0 Å². The van der Waals surface area contributed by atoms with Gasteiger partial charge in [-0.1, -0.05) is 6.08 Å². The van der Waals surface area contributed by atoms with Gasteiger partial charge in [0.1, 0.15) is 0 Å². The van der Waals surface area contributed by atoms with Crippen molar-refractivity contribution in [3.8, 4) is 5.75 Å². The van der Waals surface area contributed by atoms with Crippen LogP contribution in [0, 0.1) is 0 Å². The van der Waals surface area contributed by atoms with Gasteiger partial charge in [0, 0.05) is 6.07 Å². The van der Waals surface area contributed by atoms with Gasteiger partial charge >= 0.3 is 0 Å². The largest absolute Gasteiger partial charge is 0.502 e. The third kappa shape index (κ3) is 1.49. The number of rotatable bonds is 1. The maximum absolute atomic E-state index is 10.8. The smallest absolute Gasteiger partial charge is 0.227 e. The average molecular weight is 152 g/mol. The molecule has 0 amide bonds. The summed E-state index contributed by atoms with van der Waals surface area (Å²) in [6.45, 7) is 1.77. The molecule has 0 saturated carbocycles. The third-order valence-corrected chi connectivity index (χ3v) is 1.20. The molecule has 0 radical (unpaired) electrons. The fourth-order valence-electron chi connectivity index (χ4n) is 0.695. The van der Waals surface area contributed by atoms with Crippen molar-refractivity contribution in [1.82, 2.24) is 0 Å². The minimum absolute atomic E-state index is 0.194. The lowest BCUT2D eigenvalue weighted by atomic mass is 10.3. The molecule has 3 nitrogen and oxygen atoms in total. The molecule has 1 N–H and O–H groups in total. The van der Waals surface area contributed by atoms with E-state index < -0.39 is 5.43 Å². The second-order valence-corrected chi connectivity index (χ2v) is 2.00. The van der Waals surface area contributed by atoms with E-state index >= 15 is 0 Å². The lowest BCUT2D eigenvalue weighted by Gasteiger charge is -1.93. The topological polar surface area (TPSA) is 50.4 Å². The van der Waals surface area contributed by atoms with E-state index in [4.69, 9.17) is 9.52 Å². The summed E-state index contributed by atoms with van der Waals surface area (Å²) >= 11 is 0. The quantitative estimate of drug-likeness (QED) is 0.661. The normalized spacial score (nSPS) is 10.6. The van der Waals surface area contributed by atoms with Crippen LogP contribution in [0.5, 0.6) is 5.75 Å². The molecule has 0 aliphatic rings. The summed E-state index contributed by atoms with van der Waals surface area (Å²) in [6.07, 6.45) is 4.45. The van der Waals surface area contributed by atoms with E-state index in [1.165, 1.54) is 18.4 Å². The van der Waals surface area contributed by atoms with E-state index in [9.17, 15) is 4.79 Å². The Morgan fingerprint density at radius 2 is 2.36 bits per heavy atom. The fourth-order valence-corrected chi connectivity index (χ4v) is 0.695. The Labute approximate surface area is 63.6 Å². The molecule has 1 heterocycles. The van der Waals surface area contributed by atoms with Crippen LogP contribution >= 0.6 is 0 Å². The van der Waals surface area contributed by atoms with Gasteiger partial charge in [-0.25, -0.2) is 0 Å². The highest BCUT2D eigenvalue weighted by Crippen LogP contribution is 2.11. The molecule has 0 aromatic carbocycles. The molecule has 11 heavy (non-hydrogen) atoms. The van der Waals surface area contributed by atoms with E-state index in [0.717, 1.165) is 0 Å². The van der Waals surface area contributed by atoms with Crippen molar-refractivity contribution < 1.29 is 9.52 Å². The van der Waals surface area contributed by atoms with Crippen molar-refractivity contribution >= 4 is 6.08 Å². The average Bonchev–Trinajstić information content (AvgIpc) is 1.99. The van der Waals surface area contributed by atoms with E-state index in [-0.39, 0.29) is 11.5 Å². The Hall–Kier alpha value is -1.51. The van der Waals surface area contributed by atoms with Crippen LogP contribution < -0.4 is 5.43 Å². The van der Waals surface area contributed by atoms with Gasteiger partial charge in [0.2, 0.25) is 11.2 Å². The Morgan fingerprint density at radius 1 is 1.64 bits per heavy atom. The maximum atomic E-state index is 10.8. The second kappa shape index (κ2) is 3.05. The van der Waals surface area contributed by atoms with Crippen molar-refractivity contribution in [2.24, 2.45) is 0 Å². The zero-order valence-electron chi connectivity index (χ0n) is 6.07. The predicted molar refractivity (Wildman–Crippen MR) is 41.4 cm³/mol. The van der Waals surface area contributed by atoms with Crippen molar-refractivity contribution in [2.75, 3.05) is 0 Å². The van der Waals surface area contributed by atoms with Crippen LogP contribution in [0.3, 0.4) is 0 Å². The van der Waals surface area contributed by atoms with Gasteiger partial charge < -0.3 is 9.52 Å². The number of allylic oxidation sites excluding steroid dienone is 1. The van der Waals surface area contributed by atoms with Gasteiger partial charge in [0.05, 0.1) is 6.26 Å². The van der Waals surface area contributed by atoms with Gasteiger partial charge in [-0.15, -0.1) is 0 Å². The molecule has 0 unspecified atom stereocenters. The lowest BCUT2D eigenvalue weighted by molar-refractivity contribution is 0.424. The van der Waals surface area contributed by atoms with Crippen LogP contribution in [0.2, 0.25) is 0 Å². The zero-order valence-corrected chi connectivity index (χ0v) is 6.07. The minimum atomic E-state index is -0.427. The molecular weight excluding hydrogens is 144 g/mol. The van der Waals surface area contributed by atoms with E-state index in [1.807, 2.05) is 0 Å². The predicted octanol–water partition coefficient (Wildman–Crippen LogP) is 1.38. The van der Waals surface area contributed by atoms with Gasteiger partial charge in [0.15, 0.2) is 5.76 Å². The molecule has 3 heteroatoms. The Morgan fingerprint density at radius 3 is 3.00 bits per heavy atom. The van der Waals surface area contributed by atoms with E-state index in [1.54, 1.807) is 13.0 Å². The molecule has 0 fully saturated rings. The van der Waals surface area contributed by atoms with E-state index in [2.05, 4.69) is 0 Å². The van der Waals surface area contributed by atoms with Crippen molar-refractivity contribution in [2.45, 2.75) is 6.92 Å². The SMILES string of the molecule is C/C=C/c1occc(=O)c1O. The highest BCUT2D eigenvalue weighted by Gasteiger charge is 2.01. The first kappa shape index (κ1) is 7.60. The Bertz CT molecular complexity index is 322. The van der Waals surface area contributed by atoms with Crippen molar-refractivity contribution in [3.63, 3.8) is 0 Å². The third-order valence-electron chi connectivity index (χ3n) is 1.20. The maximum Gasteiger partial charge on any atom is 0.227 e. The molecule has 0 atom stereocenters. The molecule has 0 spiro atoms. The van der Waals surface area contributed by atoms with Crippen LogP contribution in [0.4, 0.5) is 0 Å². The Kier molecular flexibility index (Phi) is 2.11. The number of hydrogen-bond donors (Lipinski definition) is 1. The summed E-state index contributed by atoms with van der Waals surface area (Å²) in [5.41, 5.74) is -0.427. The molecule has 0 bridgehead atoms. The summed E-state index contributed by atoms with van der Waals surface area (Å²) in [5, 5.41) is 9.07. The standard InChI is InChI=1S/C8H8O3/c1-2-3-7-8(10)6(9)4-5-11-7/h2-5,10H,1H3/b3-2+. The van der Waals surface area contributed by atoms with Crippen LogP contribution in [0.25, 0.3) is 6.08 Å². The highest BCUT2D eigenvalue weighted by molar-refractivity contribution is 5.49. The first-order chi connectivity index (χ1) is 5.25.